The van der Waals surface area contributed by atoms with Gasteiger partial charge in [-0.25, -0.2) is 4.79 Å². The number of carbonyl (C=O) groups is 1. The largest absolute Gasteiger partial charge is 0.478 e. The molecule has 0 aliphatic heterocycles. The third-order valence-electron chi connectivity index (χ3n) is 3.40. The van der Waals surface area contributed by atoms with Crippen LogP contribution in [0.2, 0.25) is 0 Å². The van der Waals surface area contributed by atoms with Crippen molar-refractivity contribution in [3.8, 4) is 10.6 Å². The van der Waals surface area contributed by atoms with E-state index in [9.17, 15) is 9.90 Å². The van der Waals surface area contributed by atoms with Gasteiger partial charge in [0.05, 0.1) is 16.3 Å². The van der Waals surface area contributed by atoms with Gasteiger partial charge >= 0.3 is 5.97 Å². The fourth-order valence-corrected chi connectivity index (χ4v) is 3.15. The fourth-order valence-electron chi connectivity index (χ4n) is 2.46. The van der Waals surface area contributed by atoms with Crippen LogP contribution in [0.15, 0.2) is 29.2 Å². The quantitative estimate of drug-likeness (QED) is 0.899. The van der Waals surface area contributed by atoms with E-state index in [0.29, 0.717) is 12.0 Å². The molecule has 0 spiro atoms. The number of hydrogen-bond acceptors (Lipinski definition) is 3. The van der Waals surface area contributed by atoms with E-state index in [1.807, 2.05) is 23.6 Å². The number of aliphatic carboxylic acids is 1. The number of carboxylic acid groups (broad SMARTS) is 1. The molecule has 2 heterocycles. The summed E-state index contributed by atoms with van der Waals surface area (Å²) in [6.45, 7) is 0. The van der Waals surface area contributed by atoms with E-state index in [1.54, 1.807) is 11.3 Å². The van der Waals surface area contributed by atoms with Gasteiger partial charge in [-0.1, -0.05) is 6.07 Å². The minimum Gasteiger partial charge on any atom is -0.478 e. The van der Waals surface area contributed by atoms with Gasteiger partial charge in [0, 0.05) is 5.57 Å². The van der Waals surface area contributed by atoms with Crippen molar-refractivity contribution in [1.82, 2.24) is 10.2 Å². The molecule has 2 N–H and O–H groups in total. The molecule has 1 aliphatic rings. The van der Waals surface area contributed by atoms with E-state index in [4.69, 9.17) is 0 Å². The van der Waals surface area contributed by atoms with Gasteiger partial charge in [0.25, 0.3) is 0 Å². The Balaban J connectivity index is 2.00. The predicted molar refractivity (Wildman–Crippen MR) is 74.9 cm³/mol. The van der Waals surface area contributed by atoms with E-state index in [1.165, 1.54) is 0 Å². The topological polar surface area (TPSA) is 66.0 Å². The molecule has 2 aromatic rings. The molecule has 0 unspecified atom stereocenters. The molecule has 0 amide bonds. The summed E-state index contributed by atoms with van der Waals surface area (Å²) in [6.07, 6.45) is 3.43. The smallest absolute Gasteiger partial charge is 0.331 e. The highest BCUT2D eigenvalue weighted by Crippen LogP contribution is 2.33. The number of nitrogens with zero attached hydrogens (tertiary/aromatic N) is 1. The van der Waals surface area contributed by atoms with Crippen LogP contribution >= 0.6 is 11.3 Å². The molecule has 0 atom stereocenters. The van der Waals surface area contributed by atoms with Crippen LogP contribution in [0.4, 0.5) is 0 Å². The van der Waals surface area contributed by atoms with Crippen molar-refractivity contribution in [1.29, 1.82) is 0 Å². The van der Waals surface area contributed by atoms with Crippen molar-refractivity contribution in [3.63, 3.8) is 0 Å². The fraction of sp³-hybridized carbons (Fsp3) is 0.286. The second kappa shape index (κ2) is 5.01. The summed E-state index contributed by atoms with van der Waals surface area (Å²) in [5, 5.41) is 18.6. The van der Waals surface area contributed by atoms with Crippen LogP contribution in [0.25, 0.3) is 16.1 Å². The molecule has 2 aromatic heterocycles. The number of carboxylic acids is 1. The van der Waals surface area contributed by atoms with Crippen LogP contribution in [0.5, 0.6) is 0 Å². The summed E-state index contributed by atoms with van der Waals surface area (Å²) >= 11 is 1.64. The third-order valence-corrected chi connectivity index (χ3v) is 4.30. The van der Waals surface area contributed by atoms with Gasteiger partial charge in [-0.3, -0.25) is 5.10 Å². The van der Waals surface area contributed by atoms with Crippen molar-refractivity contribution in [3.05, 3.63) is 34.8 Å². The standard InChI is InChI=1S/C14H14N2O2S/c17-14(18)10-5-2-1-4-9(10)11-8-12(16-15-11)13-6-3-7-19-13/h3,6-8H,1-2,4-5H2,(H,15,16)(H,17,18). The van der Waals surface area contributed by atoms with Gasteiger partial charge in [-0.05, 0) is 48.8 Å². The lowest BCUT2D eigenvalue weighted by Gasteiger charge is -2.15. The Morgan fingerprint density at radius 3 is 2.95 bits per heavy atom. The number of allylic oxidation sites excluding steroid dienone is 1. The number of nitrogens with one attached hydrogen (secondary N) is 1. The summed E-state index contributed by atoms with van der Waals surface area (Å²) < 4.78 is 0. The Bertz CT molecular complexity index is 626. The highest BCUT2D eigenvalue weighted by atomic mass is 32.1. The molecule has 0 radical (unpaired) electrons. The lowest BCUT2D eigenvalue weighted by Crippen LogP contribution is -2.08. The van der Waals surface area contributed by atoms with Crippen LogP contribution in [0.3, 0.4) is 0 Å². The molecule has 0 aromatic carbocycles. The molecule has 3 rings (SSSR count). The van der Waals surface area contributed by atoms with Crippen molar-refractivity contribution in [2.75, 3.05) is 0 Å². The van der Waals surface area contributed by atoms with Gasteiger partial charge < -0.3 is 5.11 Å². The zero-order valence-electron chi connectivity index (χ0n) is 10.3. The Labute approximate surface area is 114 Å². The van der Waals surface area contributed by atoms with Crippen LogP contribution in [0, 0.1) is 0 Å². The van der Waals surface area contributed by atoms with Crippen LogP contribution in [-0.2, 0) is 4.79 Å². The van der Waals surface area contributed by atoms with Crippen molar-refractivity contribution in [2.45, 2.75) is 25.7 Å². The molecular formula is C14H14N2O2S. The summed E-state index contributed by atoms with van der Waals surface area (Å²) in [6, 6.07) is 5.97. The normalized spacial score (nSPS) is 15.8. The number of aromatic nitrogens is 2. The second-order valence-corrected chi connectivity index (χ2v) is 5.56. The van der Waals surface area contributed by atoms with Gasteiger partial charge in [0.1, 0.15) is 0 Å². The molecule has 5 heteroatoms. The van der Waals surface area contributed by atoms with E-state index >= 15 is 0 Å². The van der Waals surface area contributed by atoms with Crippen LogP contribution in [-0.4, -0.2) is 21.3 Å². The Morgan fingerprint density at radius 2 is 2.21 bits per heavy atom. The van der Waals surface area contributed by atoms with E-state index < -0.39 is 5.97 Å². The summed E-state index contributed by atoms with van der Waals surface area (Å²) in [4.78, 5) is 12.4. The summed E-state index contributed by atoms with van der Waals surface area (Å²) in [5.74, 6) is -0.810. The lowest BCUT2D eigenvalue weighted by molar-refractivity contribution is -0.132. The first-order valence-electron chi connectivity index (χ1n) is 6.30. The minimum absolute atomic E-state index is 0.524. The Hall–Kier alpha value is -1.88. The predicted octanol–water partition coefficient (Wildman–Crippen LogP) is 3.55. The molecule has 0 bridgehead atoms. The number of thiophene rings is 1. The Morgan fingerprint density at radius 1 is 1.37 bits per heavy atom. The molecule has 0 saturated carbocycles. The molecule has 98 valence electrons. The van der Waals surface area contributed by atoms with Gasteiger partial charge in [-0.15, -0.1) is 11.3 Å². The molecular weight excluding hydrogens is 260 g/mol. The maximum Gasteiger partial charge on any atom is 0.331 e. The molecule has 0 fully saturated rings. The molecule has 1 aliphatic carbocycles. The van der Waals surface area contributed by atoms with Gasteiger partial charge in [0.2, 0.25) is 0 Å². The first kappa shape index (κ1) is 12.2. The second-order valence-electron chi connectivity index (χ2n) is 4.61. The monoisotopic (exact) mass is 274 g/mol. The SMILES string of the molecule is O=C(O)C1=C(c2cc(-c3cccs3)[nH]n2)CCCC1. The number of H-pyrrole nitrogens is 1. The van der Waals surface area contributed by atoms with Gasteiger partial charge in [-0.2, -0.15) is 5.10 Å². The maximum atomic E-state index is 11.3. The van der Waals surface area contributed by atoms with Crippen molar-refractivity contribution >= 4 is 22.9 Å². The highest BCUT2D eigenvalue weighted by Gasteiger charge is 2.21. The number of rotatable bonds is 3. The first-order chi connectivity index (χ1) is 9.25. The average Bonchev–Trinajstić information content (AvgIpc) is 3.09. The Kier molecular flexibility index (Phi) is 3.21. The van der Waals surface area contributed by atoms with Crippen molar-refractivity contribution < 1.29 is 9.90 Å². The first-order valence-corrected chi connectivity index (χ1v) is 7.18. The maximum absolute atomic E-state index is 11.3. The third kappa shape index (κ3) is 2.33. The highest BCUT2D eigenvalue weighted by molar-refractivity contribution is 7.13. The van der Waals surface area contributed by atoms with E-state index in [2.05, 4.69) is 10.2 Å². The molecule has 0 saturated heterocycles. The van der Waals surface area contributed by atoms with E-state index in [-0.39, 0.29) is 0 Å². The van der Waals surface area contributed by atoms with Gasteiger partial charge in [0.15, 0.2) is 0 Å². The number of hydrogen-bond donors (Lipinski definition) is 2. The zero-order valence-corrected chi connectivity index (χ0v) is 11.2. The molecule has 19 heavy (non-hydrogen) atoms. The summed E-state index contributed by atoms with van der Waals surface area (Å²) in [7, 11) is 0. The molecule has 4 nitrogen and oxygen atoms in total. The average molecular weight is 274 g/mol. The van der Waals surface area contributed by atoms with E-state index in [0.717, 1.165) is 41.1 Å². The van der Waals surface area contributed by atoms with Crippen molar-refractivity contribution in [2.24, 2.45) is 0 Å². The zero-order chi connectivity index (χ0) is 13.2. The lowest BCUT2D eigenvalue weighted by atomic mass is 9.90. The minimum atomic E-state index is -0.810. The number of aromatic amines is 1. The summed E-state index contributed by atoms with van der Waals surface area (Å²) in [5.41, 5.74) is 3.14. The van der Waals surface area contributed by atoms with Crippen LogP contribution in [0.1, 0.15) is 31.4 Å². The van der Waals surface area contributed by atoms with Crippen LogP contribution < -0.4 is 0 Å².